The van der Waals surface area contributed by atoms with Crippen molar-refractivity contribution in [2.75, 3.05) is 20.3 Å². The van der Waals surface area contributed by atoms with Crippen molar-refractivity contribution in [1.29, 1.82) is 0 Å². The highest BCUT2D eigenvalue weighted by Crippen LogP contribution is 2.19. The maximum atomic E-state index is 12.4. The number of hydrogen-bond acceptors (Lipinski definition) is 5. The summed E-state index contributed by atoms with van der Waals surface area (Å²) in [6.07, 6.45) is 2.04. The summed E-state index contributed by atoms with van der Waals surface area (Å²) in [6, 6.07) is 16.5. The van der Waals surface area contributed by atoms with Gasteiger partial charge in [0.2, 0.25) is 5.91 Å². The number of hydrogen-bond donors (Lipinski definition) is 1. The Morgan fingerprint density at radius 1 is 1.13 bits per heavy atom. The van der Waals surface area contributed by atoms with Crippen molar-refractivity contribution in [2.24, 2.45) is 0 Å². The molecule has 1 heterocycles. The molecular weight excluding hydrogens is 382 g/mol. The Kier molecular flexibility index (Phi) is 7.21. The van der Waals surface area contributed by atoms with Crippen LogP contribution in [0.25, 0.3) is 11.3 Å². The number of aromatic nitrogens is 2. The van der Waals surface area contributed by atoms with Crippen LogP contribution in [0.1, 0.15) is 12.5 Å². The average Bonchev–Trinajstić information content (AvgIpc) is 2.76. The van der Waals surface area contributed by atoms with Gasteiger partial charge in [0.15, 0.2) is 0 Å². The summed E-state index contributed by atoms with van der Waals surface area (Å²) in [4.78, 5) is 28.9. The van der Waals surface area contributed by atoms with Crippen LogP contribution >= 0.6 is 0 Å². The van der Waals surface area contributed by atoms with Gasteiger partial charge in [-0.05, 0) is 49.2 Å². The van der Waals surface area contributed by atoms with Gasteiger partial charge in [0.1, 0.15) is 18.0 Å². The van der Waals surface area contributed by atoms with Gasteiger partial charge in [0, 0.05) is 18.2 Å². The second-order valence-electron chi connectivity index (χ2n) is 6.61. The molecule has 3 rings (SSSR count). The molecule has 0 fully saturated rings. The van der Waals surface area contributed by atoms with E-state index in [-0.39, 0.29) is 18.0 Å². The highest BCUT2D eigenvalue weighted by molar-refractivity contribution is 5.75. The summed E-state index contributed by atoms with van der Waals surface area (Å²) >= 11 is 0. The third-order valence-corrected chi connectivity index (χ3v) is 4.56. The van der Waals surface area contributed by atoms with Crippen LogP contribution in [-0.4, -0.2) is 35.7 Å². The van der Waals surface area contributed by atoms with E-state index in [9.17, 15) is 9.59 Å². The zero-order valence-electron chi connectivity index (χ0n) is 17.1. The SMILES string of the molecule is CCOc1ccc(-c2cc(=O)n(CC(=O)NCCc3ccccc3OC)cn2)cc1. The molecule has 156 valence electrons. The van der Waals surface area contributed by atoms with E-state index in [0.717, 1.165) is 22.6 Å². The van der Waals surface area contributed by atoms with E-state index in [1.165, 1.54) is 17.0 Å². The van der Waals surface area contributed by atoms with Crippen LogP contribution < -0.4 is 20.3 Å². The monoisotopic (exact) mass is 407 g/mol. The molecule has 0 saturated carbocycles. The molecule has 3 aromatic rings. The van der Waals surface area contributed by atoms with Crippen LogP contribution in [0.3, 0.4) is 0 Å². The number of rotatable bonds is 9. The molecule has 1 N–H and O–H groups in total. The highest BCUT2D eigenvalue weighted by atomic mass is 16.5. The zero-order valence-corrected chi connectivity index (χ0v) is 17.1. The maximum Gasteiger partial charge on any atom is 0.254 e. The van der Waals surface area contributed by atoms with E-state index < -0.39 is 0 Å². The minimum absolute atomic E-state index is 0.0820. The number of nitrogens with zero attached hydrogens (tertiary/aromatic N) is 2. The summed E-state index contributed by atoms with van der Waals surface area (Å²) in [5.41, 5.74) is 2.09. The molecule has 1 aromatic heterocycles. The van der Waals surface area contributed by atoms with Crippen molar-refractivity contribution in [3.8, 4) is 22.8 Å². The molecule has 2 aromatic carbocycles. The second kappa shape index (κ2) is 10.2. The van der Waals surface area contributed by atoms with Crippen molar-refractivity contribution >= 4 is 5.91 Å². The van der Waals surface area contributed by atoms with E-state index in [1.807, 2.05) is 55.5 Å². The molecule has 0 aliphatic rings. The van der Waals surface area contributed by atoms with Crippen molar-refractivity contribution < 1.29 is 14.3 Å². The molecule has 0 unspecified atom stereocenters. The van der Waals surface area contributed by atoms with E-state index in [2.05, 4.69) is 10.3 Å². The molecule has 0 saturated heterocycles. The summed E-state index contributed by atoms with van der Waals surface area (Å²) in [7, 11) is 1.62. The van der Waals surface area contributed by atoms with Gasteiger partial charge in [0.05, 0.1) is 25.7 Å². The van der Waals surface area contributed by atoms with Crippen LogP contribution in [0.2, 0.25) is 0 Å². The van der Waals surface area contributed by atoms with Gasteiger partial charge < -0.3 is 14.8 Å². The number of methoxy groups -OCH3 is 1. The smallest absolute Gasteiger partial charge is 0.254 e. The molecular formula is C23H25N3O4. The summed E-state index contributed by atoms with van der Waals surface area (Å²) in [5.74, 6) is 1.30. The van der Waals surface area contributed by atoms with E-state index >= 15 is 0 Å². The highest BCUT2D eigenvalue weighted by Gasteiger charge is 2.08. The van der Waals surface area contributed by atoms with E-state index in [0.29, 0.717) is 25.3 Å². The van der Waals surface area contributed by atoms with Crippen LogP contribution in [0, 0.1) is 0 Å². The number of para-hydroxylation sites is 1. The second-order valence-corrected chi connectivity index (χ2v) is 6.61. The Bertz CT molecular complexity index is 1040. The van der Waals surface area contributed by atoms with Gasteiger partial charge >= 0.3 is 0 Å². The van der Waals surface area contributed by atoms with Crippen LogP contribution in [0.15, 0.2) is 65.7 Å². The third kappa shape index (κ3) is 5.47. The Morgan fingerprint density at radius 2 is 1.90 bits per heavy atom. The minimum Gasteiger partial charge on any atom is -0.496 e. The molecule has 0 atom stereocenters. The fourth-order valence-corrected chi connectivity index (χ4v) is 3.05. The van der Waals surface area contributed by atoms with Gasteiger partial charge in [-0.1, -0.05) is 18.2 Å². The molecule has 0 aliphatic heterocycles. The normalized spacial score (nSPS) is 10.5. The summed E-state index contributed by atoms with van der Waals surface area (Å²) in [5, 5.41) is 2.83. The van der Waals surface area contributed by atoms with Gasteiger partial charge in [-0.15, -0.1) is 0 Å². The van der Waals surface area contributed by atoms with Crippen molar-refractivity contribution in [3.63, 3.8) is 0 Å². The van der Waals surface area contributed by atoms with Gasteiger partial charge in [-0.2, -0.15) is 0 Å². The number of carbonyl (C=O) groups is 1. The lowest BCUT2D eigenvalue weighted by atomic mass is 10.1. The van der Waals surface area contributed by atoms with Crippen molar-refractivity contribution in [1.82, 2.24) is 14.9 Å². The molecule has 1 amide bonds. The standard InChI is InChI=1S/C23H25N3O4/c1-3-30-19-10-8-17(9-11-19)20-14-23(28)26(16-25-20)15-22(27)24-13-12-18-6-4-5-7-21(18)29-2/h4-11,14,16H,3,12-13,15H2,1-2H3,(H,24,27). The molecule has 7 heteroatoms. The van der Waals surface area contributed by atoms with E-state index in [4.69, 9.17) is 9.47 Å². The summed E-state index contributed by atoms with van der Waals surface area (Å²) in [6.45, 7) is 2.88. The Labute approximate surface area is 175 Å². The first-order valence-corrected chi connectivity index (χ1v) is 9.79. The van der Waals surface area contributed by atoms with Crippen molar-refractivity contribution in [2.45, 2.75) is 19.9 Å². The molecule has 0 bridgehead atoms. The maximum absolute atomic E-state index is 12.4. The lowest BCUT2D eigenvalue weighted by Crippen LogP contribution is -2.33. The quantitative estimate of drug-likeness (QED) is 0.590. The lowest BCUT2D eigenvalue weighted by Gasteiger charge is -2.10. The molecule has 0 spiro atoms. The molecule has 7 nitrogen and oxygen atoms in total. The van der Waals surface area contributed by atoms with E-state index in [1.54, 1.807) is 7.11 Å². The Balaban J connectivity index is 1.57. The lowest BCUT2D eigenvalue weighted by molar-refractivity contribution is -0.121. The van der Waals surface area contributed by atoms with Gasteiger partial charge in [-0.25, -0.2) is 4.98 Å². The number of nitrogens with one attached hydrogen (secondary N) is 1. The molecule has 0 aliphatic carbocycles. The largest absolute Gasteiger partial charge is 0.496 e. The predicted molar refractivity (Wildman–Crippen MR) is 115 cm³/mol. The summed E-state index contributed by atoms with van der Waals surface area (Å²) < 4.78 is 12.0. The Hall–Kier alpha value is -3.61. The van der Waals surface area contributed by atoms with Gasteiger partial charge in [-0.3, -0.25) is 14.2 Å². The first-order valence-electron chi connectivity index (χ1n) is 9.79. The fraction of sp³-hybridized carbons (Fsp3) is 0.261. The van der Waals surface area contributed by atoms with Crippen molar-refractivity contribution in [3.05, 3.63) is 76.8 Å². The topological polar surface area (TPSA) is 82.5 Å². The molecule has 30 heavy (non-hydrogen) atoms. The van der Waals surface area contributed by atoms with Gasteiger partial charge in [0.25, 0.3) is 5.56 Å². The average molecular weight is 407 g/mol. The number of ether oxygens (including phenoxy) is 2. The number of benzene rings is 2. The van der Waals surface area contributed by atoms with Crippen LogP contribution in [0.5, 0.6) is 11.5 Å². The first kappa shape index (κ1) is 21.1. The van der Waals surface area contributed by atoms with Crippen LogP contribution in [-0.2, 0) is 17.8 Å². The Morgan fingerprint density at radius 3 is 2.60 bits per heavy atom. The predicted octanol–water partition coefficient (Wildman–Crippen LogP) is 2.68. The first-order chi connectivity index (χ1) is 14.6. The number of carbonyl (C=O) groups excluding carboxylic acids is 1. The fourth-order valence-electron chi connectivity index (χ4n) is 3.05. The minimum atomic E-state index is -0.284. The molecule has 0 radical (unpaired) electrons. The zero-order chi connectivity index (χ0) is 21.3. The third-order valence-electron chi connectivity index (χ3n) is 4.56. The number of amides is 1. The van der Waals surface area contributed by atoms with Crippen LogP contribution in [0.4, 0.5) is 0 Å².